The van der Waals surface area contributed by atoms with Crippen LogP contribution >= 0.6 is 0 Å². The highest BCUT2D eigenvalue weighted by atomic mass is 16.4. The van der Waals surface area contributed by atoms with Crippen molar-refractivity contribution in [2.75, 3.05) is 7.05 Å². The van der Waals surface area contributed by atoms with Crippen LogP contribution in [0.2, 0.25) is 0 Å². The first kappa shape index (κ1) is 14.5. The minimum atomic E-state index is -0.692. The summed E-state index contributed by atoms with van der Waals surface area (Å²) in [5, 5.41) is 12.1. The van der Waals surface area contributed by atoms with Crippen LogP contribution in [0.5, 0.6) is 0 Å². The van der Waals surface area contributed by atoms with Crippen LogP contribution in [-0.2, 0) is 4.79 Å². The highest BCUT2D eigenvalue weighted by Gasteiger charge is 2.32. The first-order valence-corrected chi connectivity index (χ1v) is 6.73. The summed E-state index contributed by atoms with van der Waals surface area (Å²) < 4.78 is 0. The number of nitrogens with one attached hydrogen (secondary N) is 1. The standard InChI is InChI=1S/C14H27NO2/c1-14(2,3)11-7-5-10(6-8-11)12(15-4)9-13(16)17/h10-12,15H,5-9H2,1-4H3,(H,16,17). The van der Waals surface area contributed by atoms with Gasteiger partial charge in [-0.3, -0.25) is 4.79 Å². The molecule has 0 aromatic rings. The molecule has 1 aliphatic carbocycles. The SMILES string of the molecule is CNC(CC(=O)O)C1CCC(C(C)(C)C)CC1. The van der Waals surface area contributed by atoms with E-state index in [1.54, 1.807) is 0 Å². The number of hydrogen-bond donors (Lipinski definition) is 2. The lowest BCUT2D eigenvalue weighted by Crippen LogP contribution is -2.39. The smallest absolute Gasteiger partial charge is 0.304 e. The molecule has 0 heterocycles. The summed E-state index contributed by atoms with van der Waals surface area (Å²) in [6.45, 7) is 6.93. The van der Waals surface area contributed by atoms with Crippen molar-refractivity contribution in [3.8, 4) is 0 Å². The largest absolute Gasteiger partial charge is 0.481 e. The third-order valence-electron chi connectivity index (χ3n) is 4.33. The molecular weight excluding hydrogens is 214 g/mol. The molecule has 1 unspecified atom stereocenters. The maximum absolute atomic E-state index is 10.8. The van der Waals surface area contributed by atoms with Gasteiger partial charge in [0.05, 0.1) is 6.42 Å². The van der Waals surface area contributed by atoms with Gasteiger partial charge in [0.2, 0.25) is 0 Å². The van der Waals surface area contributed by atoms with E-state index >= 15 is 0 Å². The van der Waals surface area contributed by atoms with E-state index in [2.05, 4.69) is 26.1 Å². The number of carboxylic acid groups (broad SMARTS) is 1. The third-order valence-corrected chi connectivity index (χ3v) is 4.33. The van der Waals surface area contributed by atoms with Gasteiger partial charge < -0.3 is 10.4 Å². The molecule has 0 spiro atoms. The quantitative estimate of drug-likeness (QED) is 0.795. The lowest BCUT2D eigenvalue weighted by Gasteiger charge is -2.39. The van der Waals surface area contributed by atoms with Gasteiger partial charge in [-0.05, 0) is 50.0 Å². The summed E-state index contributed by atoms with van der Waals surface area (Å²) in [7, 11) is 1.88. The lowest BCUT2D eigenvalue weighted by molar-refractivity contribution is -0.138. The molecule has 0 saturated heterocycles. The second-order valence-corrected chi connectivity index (χ2v) is 6.47. The molecule has 0 radical (unpaired) electrons. The van der Waals surface area contributed by atoms with E-state index < -0.39 is 5.97 Å². The molecule has 0 amide bonds. The predicted octanol–water partition coefficient (Wildman–Crippen LogP) is 2.90. The van der Waals surface area contributed by atoms with Crippen LogP contribution in [0.4, 0.5) is 0 Å². The fraction of sp³-hybridized carbons (Fsp3) is 0.929. The molecule has 1 saturated carbocycles. The van der Waals surface area contributed by atoms with Gasteiger partial charge in [0, 0.05) is 6.04 Å². The minimum Gasteiger partial charge on any atom is -0.481 e. The number of aliphatic carboxylic acids is 1. The van der Waals surface area contributed by atoms with Crippen LogP contribution < -0.4 is 5.32 Å². The summed E-state index contributed by atoms with van der Waals surface area (Å²) >= 11 is 0. The average Bonchev–Trinajstić information content (AvgIpc) is 2.24. The maximum Gasteiger partial charge on any atom is 0.304 e. The van der Waals surface area contributed by atoms with Gasteiger partial charge >= 0.3 is 5.97 Å². The summed E-state index contributed by atoms with van der Waals surface area (Å²) in [5.41, 5.74) is 0.396. The Bertz CT molecular complexity index is 249. The van der Waals surface area contributed by atoms with Gasteiger partial charge in [-0.1, -0.05) is 20.8 Å². The Morgan fingerprint density at radius 1 is 1.29 bits per heavy atom. The first-order chi connectivity index (χ1) is 7.84. The number of hydrogen-bond acceptors (Lipinski definition) is 2. The van der Waals surface area contributed by atoms with Gasteiger partial charge in [-0.25, -0.2) is 0 Å². The molecule has 3 heteroatoms. The van der Waals surface area contributed by atoms with Crippen LogP contribution in [0.15, 0.2) is 0 Å². The van der Waals surface area contributed by atoms with Gasteiger partial charge in [-0.2, -0.15) is 0 Å². The molecule has 0 bridgehead atoms. The van der Waals surface area contributed by atoms with Crippen molar-refractivity contribution in [3.05, 3.63) is 0 Å². The average molecular weight is 241 g/mol. The van der Waals surface area contributed by atoms with Crippen LogP contribution in [0.3, 0.4) is 0 Å². The second-order valence-electron chi connectivity index (χ2n) is 6.47. The molecule has 1 fully saturated rings. The molecule has 0 aromatic heterocycles. The monoisotopic (exact) mass is 241 g/mol. The van der Waals surface area contributed by atoms with Crippen LogP contribution in [-0.4, -0.2) is 24.2 Å². The first-order valence-electron chi connectivity index (χ1n) is 6.73. The fourth-order valence-corrected chi connectivity index (χ4v) is 3.08. The Morgan fingerprint density at radius 3 is 2.18 bits per heavy atom. The fourth-order valence-electron chi connectivity index (χ4n) is 3.08. The van der Waals surface area contributed by atoms with E-state index in [1.165, 1.54) is 25.7 Å². The van der Waals surface area contributed by atoms with Crippen LogP contribution in [0.1, 0.15) is 52.9 Å². The van der Waals surface area contributed by atoms with Crippen molar-refractivity contribution in [1.82, 2.24) is 5.32 Å². The highest BCUT2D eigenvalue weighted by molar-refractivity contribution is 5.67. The van der Waals surface area contributed by atoms with E-state index in [9.17, 15) is 4.79 Å². The Hall–Kier alpha value is -0.570. The van der Waals surface area contributed by atoms with E-state index in [-0.39, 0.29) is 12.5 Å². The van der Waals surface area contributed by atoms with E-state index in [4.69, 9.17) is 5.11 Å². The molecule has 0 aliphatic heterocycles. The maximum atomic E-state index is 10.8. The van der Waals surface area contributed by atoms with Crippen molar-refractivity contribution >= 4 is 5.97 Å². The molecule has 1 aliphatic rings. The van der Waals surface area contributed by atoms with Gasteiger partial charge in [-0.15, -0.1) is 0 Å². The van der Waals surface area contributed by atoms with E-state index in [0.29, 0.717) is 11.3 Å². The Balaban J connectivity index is 2.47. The lowest BCUT2D eigenvalue weighted by atomic mass is 9.68. The van der Waals surface area contributed by atoms with Crippen molar-refractivity contribution < 1.29 is 9.90 Å². The van der Waals surface area contributed by atoms with Crippen molar-refractivity contribution in [1.29, 1.82) is 0 Å². The molecule has 3 nitrogen and oxygen atoms in total. The van der Waals surface area contributed by atoms with Crippen molar-refractivity contribution in [3.63, 3.8) is 0 Å². The zero-order valence-electron chi connectivity index (χ0n) is 11.6. The molecule has 2 N–H and O–H groups in total. The second kappa shape index (κ2) is 5.85. The molecule has 0 aromatic carbocycles. The number of carbonyl (C=O) groups is 1. The molecule has 1 rings (SSSR count). The Kier molecular flexibility index (Phi) is 4.99. The molecule has 100 valence electrons. The Labute approximate surface area is 105 Å². The molecule has 17 heavy (non-hydrogen) atoms. The minimum absolute atomic E-state index is 0.147. The zero-order valence-corrected chi connectivity index (χ0v) is 11.6. The van der Waals surface area contributed by atoms with Gasteiger partial charge in [0.1, 0.15) is 0 Å². The predicted molar refractivity (Wildman–Crippen MR) is 70.0 cm³/mol. The topological polar surface area (TPSA) is 49.3 Å². The van der Waals surface area contributed by atoms with Crippen molar-refractivity contribution in [2.45, 2.75) is 58.9 Å². The molecule has 1 atom stereocenters. The van der Waals surface area contributed by atoms with Crippen LogP contribution in [0.25, 0.3) is 0 Å². The van der Waals surface area contributed by atoms with Gasteiger partial charge in [0.15, 0.2) is 0 Å². The van der Waals surface area contributed by atoms with Crippen molar-refractivity contribution in [2.24, 2.45) is 17.3 Å². The Morgan fingerprint density at radius 2 is 1.82 bits per heavy atom. The zero-order chi connectivity index (χ0) is 13.1. The van der Waals surface area contributed by atoms with E-state index in [0.717, 1.165) is 5.92 Å². The van der Waals surface area contributed by atoms with E-state index in [1.807, 2.05) is 7.05 Å². The number of rotatable bonds is 4. The summed E-state index contributed by atoms with van der Waals surface area (Å²) in [6, 6.07) is 0.147. The summed E-state index contributed by atoms with van der Waals surface area (Å²) in [4.78, 5) is 10.8. The molecular formula is C14H27NO2. The number of carboxylic acids is 1. The van der Waals surface area contributed by atoms with Gasteiger partial charge in [0.25, 0.3) is 0 Å². The highest BCUT2D eigenvalue weighted by Crippen LogP contribution is 2.40. The van der Waals surface area contributed by atoms with Crippen LogP contribution in [0, 0.1) is 17.3 Å². The summed E-state index contributed by atoms with van der Waals surface area (Å²) in [5.74, 6) is 0.637. The normalized spacial score (nSPS) is 27.8. The third kappa shape index (κ3) is 4.30. The summed E-state index contributed by atoms with van der Waals surface area (Å²) in [6.07, 6.45) is 5.07.